The number of para-hydroxylation sites is 1. The van der Waals surface area contributed by atoms with Crippen LogP contribution in [0.2, 0.25) is 0 Å². The Bertz CT molecular complexity index is 1050. The number of aromatic carboxylic acids is 1. The summed E-state index contributed by atoms with van der Waals surface area (Å²) in [7, 11) is 0. The maximum atomic E-state index is 12.0. The van der Waals surface area contributed by atoms with Crippen molar-refractivity contribution in [3.8, 4) is 5.75 Å². The van der Waals surface area contributed by atoms with Crippen LogP contribution >= 0.6 is 0 Å². The maximum absolute atomic E-state index is 12.0. The Kier molecular flexibility index (Phi) is 4.94. The number of carbonyl (C=O) groups is 1. The highest BCUT2D eigenvalue weighted by molar-refractivity contribution is 5.94. The minimum Gasteiger partial charge on any atom is -0.505 e. The van der Waals surface area contributed by atoms with E-state index in [0.717, 1.165) is 5.56 Å². The summed E-state index contributed by atoms with van der Waals surface area (Å²) in [5, 5.41) is 24.9. The third-order valence-corrected chi connectivity index (χ3v) is 4.37. The van der Waals surface area contributed by atoms with E-state index in [2.05, 4.69) is 10.6 Å². The van der Waals surface area contributed by atoms with Crippen molar-refractivity contribution in [2.45, 2.75) is 19.4 Å². The number of phenols is 1. The molecule has 27 heavy (non-hydrogen) atoms. The summed E-state index contributed by atoms with van der Waals surface area (Å²) in [6.45, 7) is 1.95. The van der Waals surface area contributed by atoms with E-state index < -0.39 is 22.6 Å². The number of hydrogen-bond donors (Lipinski definition) is 4. The highest BCUT2D eigenvalue weighted by Gasteiger charge is 2.25. The predicted octanol–water partition coefficient (Wildman–Crippen LogP) is 2.99. The molecule has 0 bridgehead atoms. The zero-order chi connectivity index (χ0) is 19.6. The first-order chi connectivity index (χ1) is 12.9. The van der Waals surface area contributed by atoms with Crippen molar-refractivity contribution in [2.75, 3.05) is 10.6 Å². The molecule has 1 unspecified atom stereocenters. The van der Waals surface area contributed by atoms with Gasteiger partial charge in [-0.3, -0.25) is 9.59 Å². The average Bonchev–Trinajstić information content (AvgIpc) is 2.68. The highest BCUT2D eigenvalue weighted by Crippen LogP contribution is 2.32. The maximum Gasteiger partial charge on any atom is 0.339 e. The van der Waals surface area contributed by atoms with E-state index in [1.165, 1.54) is 18.2 Å². The molecule has 3 aromatic carbocycles. The lowest BCUT2D eigenvalue weighted by molar-refractivity contribution is 0.0694. The quantitative estimate of drug-likeness (QED) is 0.375. The van der Waals surface area contributed by atoms with Gasteiger partial charge in [-0.15, -0.1) is 0 Å². The van der Waals surface area contributed by atoms with Crippen LogP contribution in [-0.4, -0.2) is 16.2 Å². The van der Waals surface area contributed by atoms with Gasteiger partial charge in [-0.1, -0.05) is 43.3 Å². The second kappa shape index (κ2) is 7.33. The van der Waals surface area contributed by atoms with Crippen molar-refractivity contribution in [1.29, 1.82) is 0 Å². The Hall–Kier alpha value is -3.61. The molecule has 3 rings (SSSR count). The van der Waals surface area contributed by atoms with E-state index in [1.54, 1.807) is 0 Å². The Balaban J connectivity index is 1.91. The number of rotatable bonds is 7. The summed E-state index contributed by atoms with van der Waals surface area (Å²) >= 11 is 0. The van der Waals surface area contributed by atoms with Crippen LogP contribution in [0.4, 0.5) is 17.1 Å². The fourth-order valence-corrected chi connectivity index (χ4v) is 2.88. The molecule has 1 atom stereocenters. The summed E-state index contributed by atoms with van der Waals surface area (Å²) < 4.78 is 0. The van der Waals surface area contributed by atoms with Crippen molar-refractivity contribution in [2.24, 2.45) is 0 Å². The minimum atomic E-state index is -1.30. The monoisotopic (exact) mass is 366 g/mol. The molecule has 0 aliphatic carbocycles. The van der Waals surface area contributed by atoms with Crippen molar-refractivity contribution in [1.82, 2.24) is 0 Å². The number of carboxylic acid groups (broad SMARTS) is 1. The van der Waals surface area contributed by atoms with Gasteiger partial charge >= 0.3 is 5.97 Å². The summed E-state index contributed by atoms with van der Waals surface area (Å²) in [6.07, 6.45) is 0.683. The molecule has 0 fully saturated rings. The minimum absolute atomic E-state index is 0.00669. The fraction of sp³-hybridized carbons (Fsp3) is 0.150. The Labute approximate surface area is 154 Å². The molecule has 0 amide bonds. The van der Waals surface area contributed by atoms with Gasteiger partial charge in [0, 0.05) is 0 Å². The molecule has 138 valence electrons. The van der Waals surface area contributed by atoms with Crippen LogP contribution in [0.25, 0.3) is 0 Å². The second-order valence-electron chi connectivity index (χ2n) is 6.06. The summed E-state index contributed by atoms with van der Waals surface area (Å²) in [5.74, 6) is -1.80. The van der Waals surface area contributed by atoms with Crippen LogP contribution in [0.5, 0.6) is 5.75 Å². The lowest BCUT2D eigenvalue weighted by atomic mass is 10.0. The third-order valence-electron chi connectivity index (χ3n) is 4.37. The lowest BCUT2D eigenvalue weighted by Gasteiger charge is -2.22. The number of anilines is 3. The normalized spacial score (nSPS) is 11.9. The van der Waals surface area contributed by atoms with Gasteiger partial charge in [0.05, 0.1) is 11.7 Å². The van der Waals surface area contributed by atoms with Crippen molar-refractivity contribution in [3.63, 3.8) is 0 Å². The van der Waals surface area contributed by atoms with Crippen LogP contribution in [0, 0.1) is 0 Å². The molecule has 0 saturated carbocycles. The van der Waals surface area contributed by atoms with Gasteiger partial charge in [0.25, 0.3) is 10.9 Å². The summed E-state index contributed by atoms with van der Waals surface area (Å²) in [5.41, 5.74) is -0.541. The summed E-state index contributed by atoms with van der Waals surface area (Å²) in [6, 6.07) is 13.4. The van der Waals surface area contributed by atoms with E-state index in [0.29, 0.717) is 6.42 Å². The largest absolute Gasteiger partial charge is 0.505 e. The van der Waals surface area contributed by atoms with Crippen molar-refractivity contribution in [3.05, 3.63) is 80.1 Å². The Morgan fingerprint density at radius 1 is 1.00 bits per heavy atom. The molecule has 0 aliphatic heterocycles. The molecule has 7 heteroatoms. The topological polar surface area (TPSA) is 116 Å². The van der Waals surface area contributed by atoms with E-state index >= 15 is 0 Å². The molecular weight excluding hydrogens is 348 g/mol. The number of benzene rings is 2. The molecule has 0 spiro atoms. The zero-order valence-electron chi connectivity index (χ0n) is 14.5. The lowest BCUT2D eigenvalue weighted by Crippen LogP contribution is -2.37. The standard InChI is InChI=1S/C20H18N2O5/c1-2-13(11-7-4-3-5-8-11)21-15-16(19(25)18(15)24)22-14-10-6-9-12(17(14)23)20(26)27/h3-10,13,21-23H,2H2,1H3,(H,26,27). The molecule has 3 aromatic rings. The highest BCUT2D eigenvalue weighted by atomic mass is 16.4. The van der Waals surface area contributed by atoms with Crippen LogP contribution < -0.4 is 21.5 Å². The first-order valence-electron chi connectivity index (χ1n) is 8.41. The van der Waals surface area contributed by atoms with E-state index in [4.69, 9.17) is 5.11 Å². The number of aromatic hydroxyl groups is 1. The Morgan fingerprint density at radius 3 is 2.30 bits per heavy atom. The van der Waals surface area contributed by atoms with E-state index in [-0.39, 0.29) is 28.7 Å². The van der Waals surface area contributed by atoms with Gasteiger partial charge in [0.15, 0.2) is 5.75 Å². The van der Waals surface area contributed by atoms with Crippen molar-refractivity contribution < 1.29 is 15.0 Å². The third kappa shape index (κ3) is 3.39. The number of nitrogens with one attached hydrogen (secondary N) is 2. The molecule has 0 aromatic heterocycles. The average molecular weight is 366 g/mol. The van der Waals surface area contributed by atoms with Gasteiger partial charge in [0.1, 0.15) is 16.9 Å². The molecular formula is C20H18N2O5. The molecule has 0 radical (unpaired) electrons. The van der Waals surface area contributed by atoms with Gasteiger partial charge < -0.3 is 20.8 Å². The Morgan fingerprint density at radius 2 is 1.67 bits per heavy atom. The molecule has 0 saturated heterocycles. The van der Waals surface area contributed by atoms with Gasteiger partial charge in [-0.25, -0.2) is 4.79 Å². The number of carboxylic acids is 1. The predicted molar refractivity (Wildman–Crippen MR) is 103 cm³/mol. The van der Waals surface area contributed by atoms with Crippen LogP contribution in [0.3, 0.4) is 0 Å². The summed E-state index contributed by atoms with van der Waals surface area (Å²) in [4.78, 5) is 35.2. The van der Waals surface area contributed by atoms with Crippen LogP contribution in [0.1, 0.15) is 35.3 Å². The smallest absolute Gasteiger partial charge is 0.339 e. The number of hydrogen-bond acceptors (Lipinski definition) is 6. The van der Waals surface area contributed by atoms with Gasteiger partial charge in [-0.05, 0) is 24.1 Å². The van der Waals surface area contributed by atoms with Crippen LogP contribution in [-0.2, 0) is 0 Å². The fourth-order valence-electron chi connectivity index (χ4n) is 2.88. The van der Waals surface area contributed by atoms with Gasteiger partial charge in [0.2, 0.25) is 0 Å². The van der Waals surface area contributed by atoms with Crippen molar-refractivity contribution >= 4 is 23.0 Å². The first kappa shape index (κ1) is 18.2. The van der Waals surface area contributed by atoms with Gasteiger partial charge in [-0.2, -0.15) is 0 Å². The molecule has 4 N–H and O–H groups in total. The second-order valence-corrected chi connectivity index (χ2v) is 6.06. The SMILES string of the molecule is CCC(Nc1c(Nc2cccc(C(=O)O)c2O)c(=O)c1=O)c1ccccc1. The van der Waals surface area contributed by atoms with E-state index in [9.17, 15) is 19.5 Å². The molecule has 0 heterocycles. The molecule has 7 nitrogen and oxygen atoms in total. The molecule has 0 aliphatic rings. The van der Waals surface area contributed by atoms with E-state index in [1.807, 2.05) is 37.3 Å². The first-order valence-corrected chi connectivity index (χ1v) is 8.41. The zero-order valence-corrected chi connectivity index (χ0v) is 14.5. The van der Waals surface area contributed by atoms with Crippen LogP contribution in [0.15, 0.2) is 58.1 Å².